The highest BCUT2D eigenvalue weighted by atomic mass is 32.1. The highest BCUT2D eigenvalue weighted by molar-refractivity contribution is 7.22. The predicted octanol–water partition coefficient (Wildman–Crippen LogP) is 3.64. The maximum absolute atomic E-state index is 12.1. The number of aromatic nitrogens is 1. The molecule has 0 aliphatic rings. The van der Waals surface area contributed by atoms with Gasteiger partial charge in [-0.3, -0.25) is 10.1 Å². The number of ether oxygens (including phenoxy) is 3. The minimum absolute atomic E-state index is 0.0760. The number of aryl methyl sites for hydroxylation is 1. The Balaban J connectivity index is 1.70. The van der Waals surface area contributed by atoms with Gasteiger partial charge in [0.05, 0.1) is 24.4 Å². The number of hydrogen-bond acceptors (Lipinski definition) is 6. The second-order valence-electron chi connectivity index (χ2n) is 5.30. The van der Waals surface area contributed by atoms with E-state index < -0.39 is 0 Å². The Bertz CT molecular complexity index is 866. The Hall–Kier alpha value is -2.80. The number of fused-ring (bicyclic) bond motifs is 1. The lowest BCUT2D eigenvalue weighted by Gasteiger charge is -2.07. The second kappa shape index (κ2) is 7.40. The largest absolute Gasteiger partial charge is 0.493 e. The number of nitrogens with one attached hydrogen (secondary N) is 1. The van der Waals surface area contributed by atoms with Crippen LogP contribution in [0.25, 0.3) is 10.2 Å². The predicted molar refractivity (Wildman–Crippen MR) is 98.0 cm³/mol. The smallest absolute Gasteiger partial charge is 0.264 e. The molecule has 7 heteroatoms. The van der Waals surface area contributed by atoms with Gasteiger partial charge in [0.25, 0.3) is 5.91 Å². The van der Waals surface area contributed by atoms with E-state index in [9.17, 15) is 4.79 Å². The molecule has 1 amide bonds. The first kappa shape index (κ1) is 17.0. The highest BCUT2D eigenvalue weighted by Gasteiger charge is 2.13. The third-order valence-corrected chi connectivity index (χ3v) is 4.53. The first-order chi connectivity index (χ1) is 12.1. The quantitative estimate of drug-likeness (QED) is 0.728. The van der Waals surface area contributed by atoms with Gasteiger partial charge in [-0.05, 0) is 18.6 Å². The summed E-state index contributed by atoms with van der Waals surface area (Å²) in [4.78, 5) is 16.5. The number of para-hydroxylation sites is 1. The summed E-state index contributed by atoms with van der Waals surface area (Å²) in [6, 6.07) is 11.2. The molecule has 25 heavy (non-hydrogen) atoms. The molecule has 0 saturated heterocycles. The topological polar surface area (TPSA) is 69.7 Å². The molecule has 1 heterocycles. The van der Waals surface area contributed by atoms with Crippen molar-refractivity contribution in [1.29, 1.82) is 0 Å². The van der Waals surface area contributed by atoms with Crippen molar-refractivity contribution in [2.24, 2.45) is 0 Å². The van der Waals surface area contributed by atoms with Crippen LogP contribution in [-0.2, 0) is 4.79 Å². The molecule has 0 fully saturated rings. The van der Waals surface area contributed by atoms with Crippen molar-refractivity contribution in [3.05, 3.63) is 42.0 Å². The Morgan fingerprint density at radius 2 is 1.84 bits per heavy atom. The fraction of sp³-hybridized carbons (Fsp3) is 0.222. The molecule has 6 nitrogen and oxygen atoms in total. The maximum Gasteiger partial charge on any atom is 0.264 e. The van der Waals surface area contributed by atoms with Crippen molar-refractivity contribution in [1.82, 2.24) is 4.98 Å². The number of methoxy groups -OCH3 is 2. The summed E-state index contributed by atoms with van der Waals surface area (Å²) in [6.45, 7) is 1.86. The van der Waals surface area contributed by atoms with E-state index in [1.165, 1.54) is 11.3 Å². The number of nitrogens with zero attached hydrogens (tertiary/aromatic N) is 1. The summed E-state index contributed by atoms with van der Waals surface area (Å²) >= 11 is 1.36. The van der Waals surface area contributed by atoms with Crippen LogP contribution in [0.4, 0.5) is 5.13 Å². The van der Waals surface area contributed by atoms with Crippen LogP contribution in [0.3, 0.4) is 0 Å². The number of rotatable bonds is 6. The summed E-state index contributed by atoms with van der Waals surface area (Å²) in [5, 5.41) is 3.26. The van der Waals surface area contributed by atoms with Crippen LogP contribution in [0.1, 0.15) is 5.56 Å². The van der Waals surface area contributed by atoms with Gasteiger partial charge < -0.3 is 14.2 Å². The molecule has 0 unspecified atom stereocenters. The number of carbonyl (C=O) groups is 1. The molecule has 1 N–H and O–H groups in total. The van der Waals surface area contributed by atoms with E-state index in [1.807, 2.05) is 37.3 Å². The number of thiazole rings is 1. The molecule has 130 valence electrons. The molecule has 0 aliphatic heterocycles. The van der Waals surface area contributed by atoms with Gasteiger partial charge >= 0.3 is 0 Å². The first-order valence-electron chi connectivity index (χ1n) is 7.61. The lowest BCUT2D eigenvalue weighted by molar-refractivity contribution is -0.118. The molecule has 3 aromatic rings. The number of amides is 1. The van der Waals surface area contributed by atoms with Crippen LogP contribution >= 0.6 is 11.3 Å². The number of anilines is 1. The van der Waals surface area contributed by atoms with Crippen molar-refractivity contribution in [3.63, 3.8) is 0 Å². The molecular weight excluding hydrogens is 340 g/mol. The number of benzene rings is 2. The first-order valence-corrected chi connectivity index (χ1v) is 8.43. The van der Waals surface area contributed by atoms with Gasteiger partial charge in [-0.2, -0.15) is 0 Å². The van der Waals surface area contributed by atoms with E-state index in [2.05, 4.69) is 10.3 Å². The second-order valence-corrected chi connectivity index (χ2v) is 6.33. The molecule has 2 aromatic carbocycles. The maximum atomic E-state index is 12.1. The van der Waals surface area contributed by atoms with E-state index in [0.29, 0.717) is 22.4 Å². The van der Waals surface area contributed by atoms with Gasteiger partial charge in [-0.15, -0.1) is 0 Å². The van der Waals surface area contributed by atoms with Crippen molar-refractivity contribution < 1.29 is 19.0 Å². The minimum atomic E-state index is -0.263. The van der Waals surface area contributed by atoms with Crippen LogP contribution in [0, 0.1) is 6.92 Å². The van der Waals surface area contributed by atoms with E-state index in [4.69, 9.17) is 14.2 Å². The van der Waals surface area contributed by atoms with E-state index in [0.717, 1.165) is 15.8 Å². The van der Waals surface area contributed by atoms with Gasteiger partial charge in [0.2, 0.25) is 0 Å². The Kier molecular flexibility index (Phi) is 5.04. The summed E-state index contributed by atoms with van der Waals surface area (Å²) in [6.07, 6.45) is 0. The van der Waals surface area contributed by atoms with E-state index in [-0.39, 0.29) is 12.5 Å². The van der Waals surface area contributed by atoms with Gasteiger partial charge in [0, 0.05) is 12.1 Å². The fourth-order valence-electron chi connectivity index (χ4n) is 2.33. The van der Waals surface area contributed by atoms with Crippen LogP contribution in [0.5, 0.6) is 17.2 Å². The monoisotopic (exact) mass is 358 g/mol. The van der Waals surface area contributed by atoms with Crippen molar-refractivity contribution in [3.8, 4) is 17.2 Å². The SMILES string of the molecule is COc1cc2nc(NC(=O)COc3ccccc3C)sc2cc1OC. The van der Waals surface area contributed by atoms with Crippen LogP contribution in [0.2, 0.25) is 0 Å². The fourth-order valence-corrected chi connectivity index (χ4v) is 3.22. The zero-order valence-electron chi connectivity index (χ0n) is 14.2. The molecule has 0 aliphatic carbocycles. The number of carbonyl (C=O) groups excluding carboxylic acids is 1. The van der Waals surface area contributed by atoms with Gasteiger partial charge in [0.1, 0.15) is 5.75 Å². The zero-order valence-corrected chi connectivity index (χ0v) is 15.0. The molecule has 1 aromatic heterocycles. The van der Waals surface area contributed by atoms with E-state index in [1.54, 1.807) is 20.3 Å². The molecule has 3 rings (SSSR count). The van der Waals surface area contributed by atoms with Crippen molar-refractivity contribution in [2.75, 3.05) is 26.1 Å². The zero-order chi connectivity index (χ0) is 17.8. The van der Waals surface area contributed by atoms with Crippen molar-refractivity contribution in [2.45, 2.75) is 6.92 Å². The highest BCUT2D eigenvalue weighted by Crippen LogP contribution is 2.36. The van der Waals surface area contributed by atoms with Crippen LogP contribution in [0.15, 0.2) is 36.4 Å². The summed E-state index contributed by atoms with van der Waals surface area (Å²) in [5.41, 5.74) is 1.72. The standard InChI is InChI=1S/C18H18N2O4S/c1-11-6-4-5-7-13(11)24-10-17(21)20-18-19-12-8-14(22-2)15(23-3)9-16(12)25-18/h4-9H,10H2,1-3H3,(H,19,20,21). The van der Waals surface area contributed by atoms with Crippen molar-refractivity contribution >= 4 is 32.6 Å². The number of hydrogen-bond donors (Lipinski definition) is 1. The summed E-state index contributed by atoms with van der Waals surface area (Å²) in [7, 11) is 3.15. The summed E-state index contributed by atoms with van der Waals surface area (Å²) in [5.74, 6) is 1.65. The molecule has 0 radical (unpaired) electrons. The van der Waals surface area contributed by atoms with Gasteiger partial charge in [-0.1, -0.05) is 29.5 Å². The van der Waals surface area contributed by atoms with Crippen LogP contribution in [-0.4, -0.2) is 31.7 Å². The van der Waals surface area contributed by atoms with E-state index >= 15 is 0 Å². The third kappa shape index (κ3) is 3.83. The molecule has 0 saturated carbocycles. The Morgan fingerprint density at radius 1 is 1.12 bits per heavy atom. The van der Waals surface area contributed by atoms with Gasteiger partial charge in [0.15, 0.2) is 23.2 Å². The molecule has 0 bridgehead atoms. The molecule has 0 atom stereocenters. The Labute approximate surface area is 149 Å². The third-order valence-electron chi connectivity index (χ3n) is 3.59. The lowest BCUT2D eigenvalue weighted by Crippen LogP contribution is -2.20. The van der Waals surface area contributed by atoms with Crippen LogP contribution < -0.4 is 19.5 Å². The average molecular weight is 358 g/mol. The minimum Gasteiger partial charge on any atom is -0.493 e. The molecular formula is C18H18N2O4S. The normalized spacial score (nSPS) is 10.5. The lowest BCUT2D eigenvalue weighted by atomic mass is 10.2. The van der Waals surface area contributed by atoms with Gasteiger partial charge in [-0.25, -0.2) is 4.98 Å². The Morgan fingerprint density at radius 3 is 2.56 bits per heavy atom. The molecule has 0 spiro atoms. The summed E-state index contributed by atoms with van der Waals surface area (Å²) < 4.78 is 17.0. The average Bonchev–Trinajstić information content (AvgIpc) is 3.00.